The Bertz CT molecular complexity index is 385. The van der Waals surface area contributed by atoms with Crippen LogP contribution < -0.4 is 0 Å². The largest absolute Gasteiger partial charge is 0.501 e. The van der Waals surface area contributed by atoms with Crippen LogP contribution in [0.3, 0.4) is 0 Å². The molecular formula is C17H29BrO3Si. The number of hydrogen-bond acceptors (Lipinski definition) is 3. The lowest BCUT2D eigenvalue weighted by Crippen LogP contribution is -2.48. The van der Waals surface area contributed by atoms with E-state index in [1.165, 1.54) is 5.56 Å². The molecule has 0 radical (unpaired) electrons. The zero-order chi connectivity index (χ0) is 16.4. The Balaban J connectivity index is 3.06. The van der Waals surface area contributed by atoms with Crippen molar-refractivity contribution in [3.8, 4) is 0 Å². The highest BCUT2D eigenvalue weighted by molar-refractivity contribution is 9.09. The molecule has 0 aliphatic heterocycles. The molecule has 0 aromatic heterocycles. The van der Waals surface area contributed by atoms with Crippen LogP contribution in [0.1, 0.15) is 45.6 Å². The molecular weight excluding hydrogens is 360 g/mol. The first kappa shape index (κ1) is 19.8. The third-order valence-corrected chi connectivity index (χ3v) is 8.03. The van der Waals surface area contributed by atoms with E-state index in [2.05, 4.69) is 47.1 Å². The highest BCUT2D eigenvalue weighted by Crippen LogP contribution is 2.36. The van der Waals surface area contributed by atoms with Crippen LogP contribution >= 0.6 is 15.9 Å². The fourth-order valence-corrected chi connectivity index (χ4v) is 6.49. The lowest BCUT2D eigenvalue weighted by atomic mass is 9.96. The minimum Gasteiger partial charge on any atom is -0.374 e. The van der Waals surface area contributed by atoms with Gasteiger partial charge in [-0.15, -0.1) is 0 Å². The summed E-state index contributed by atoms with van der Waals surface area (Å²) in [6.07, 6.45) is 1.05. The third-order valence-electron chi connectivity index (χ3n) is 3.62. The van der Waals surface area contributed by atoms with Crippen molar-refractivity contribution in [2.45, 2.75) is 50.9 Å². The topological polar surface area (TPSA) is 27.7 Å². The average Bonchev–Trinajstić information content (AvgIpc) is 2.53. The minimum atomic E-state index is -2.65. The van der Waals surface area contributed by atoms with E-state index in [1.807, 2.05) is 26.8 Å². The molecule has 0 saturated carbocycles. The van der Waals surface area contributed by atoms with Gasteiger partial charge in [0.25, 0.3) is 0 Å². The molecule has 0 amide bonds. The summed E-state index contributed by atoms with van der Waals surface area (Å²) in [7, 11) is -2.65. The van der Waals surface area contributed by atoms with E-state index in [4.69, 9.17) is 13.3 Å². The number of alkyl halides is 1. The summed E-state index contributed by atoms with van der Waals surface area (Å²) in [5, 5.41) is 0. The highest BCUT2D eigenvalue weighted by Gasteiger charge is 2.44. The lowest BCUT2D eigenvalue weighted by Gasteiger charge is -2.33. The maximum Gasteiger partial charge on any atom is 0.501 e. The molecule has 0 saturated heterocycles. The minimum absolute atomic E-state index is 0.322. The molecule has 0 N–H and O–H groups in total. The number of benzene rings is 1. The van der Waals surface area contributed by atoms with Crippen LogP contribution in [0, 0.1) is 0 Å². The SMILES string of the molecule is CCO[Si](CC(c1ccccc1)C(Br)CC)(OCC)OCC. The van der Waals surface area contributed by atoms with E-state index in [1.54, 1.807) is 0 Å². The summed E-state index contributed by atoms with van der Waals surface area (Å²) in [4.78, 5) is 0.378. The molecule has 5 heteroatoms. The van der Waals surface area contributed by atoms with E-state index in [0.717, 1.165) is 12.5 Å². The summed E-state index contributed by atoms with van der Waals surface area (Å²) in [5.41, 5.74) is 1.31. The van der Waals surface area contributed by atoms with Crippen molar-refractivity contribution in [1.82, 2.24) is 0 Å². The van der Waals surface area contributed by atoms with E-state index >= 15 is 0 Å². The van der Waals surface area contributed by atoms with Gasteiger partial charge in [0.05, 0.1) is 0 Å². The smallest absolute Gasteiger partial charge is 0.374 e. The van der Waals surface area contributed by atoms with Crippen LogP contribution in [-0.4, -0.2) is 33.5 Å². The molecule has 0 heterocycles. The first-order chi connectivity index (χ1) is 10.6. The zero-order valence-electron chi connectivity index (χ0n) is 14.2. The molecule has 0 fully saturated rings. The normalized spacial score (nSPS) is 14.8. The molecule has 1 rings (SSSR count). The first-order valence-electron chi connectivity index (χ1n) is 8.23. The van der Waals surface area contributed by atoms with Gasteiger partial charge in [0.1, 0.15) is 0 Å². The van der Waals surface area contributed by atoms with Crippen molar-refractivity contribution >= 4 is 24.7 Å². The molecule has 0 spiro atoms. The average molecular weight is 389 g/mol. The zero-order valence-corrected chi connectivity index (χ0v) is 16.8. The Kier molecular flexibility index (Phi) is 9.51. The summed E-state index contributed by atoms with van der Waals surface area (Å²) in [5.74, 6) is 0.322. The molecule has 1 aromatic carbocycles. The molecule has 0 aliphatic rings. The summed E-state index contributed by atoms with van der Waals surface area (Å²) in [6.45, 7) is 10.1. The number of hydrogen-bond donors (Lipinski definition) is 0. The van der Waals surface area contributed by atoms with Crippen molar-refractivity contribution in [3.63, 3.8) is 0 Å². The van der Waals surface area contributed by atoms with Gasteiger partial charge in [-0.2, -0.15) is 0 Å². The lowest BCUT2D eigenvalue weighted by molar-refractivity contribution is 0.0694. The van der Waals surface area contributed by atoms with Crippen LogP contribution in [0.15, 0.2) is 30.3 Å². The molecule has 22 heavy (non-hydrogen) atoms. The second-order valence-corrected chi connectivity index (χ2v) is 8.94. The van der Waals surface area contributed by atoms with Crippen molar-refractivity contribution < 1.29 is 13.3 Å². The maximum atomic E-state index is 6.03. The van der Waals surface area contributed by atoms with Crippen molar-refractivity contribution in [1.29, 1.82) is 0 Å². The van der Waals surface area contributed by atoms with Gasteiger partial charge in [0, 0.05) is 36.6 Å². The fourth-order valence-electron chi connectivity index (χ4n) is 2.67. The van der Waals surface area contributed by atoms with Gasteiger partial charge < -0.3 is 13.3 Å². The summed E-state index contributed by atoms with van der Waals surface area (Å²) >= 11 is 3.84. The van der Waals surface area contributed by atoms with Gasteiger partial charge >= 0.3 is 8.80 Å². The van der Waals surface area contributed by atoms with Crippen LogP contribution in [0.4, 0.5) is 0 Å². The molecule has 2 unspecified atom stereocenters. The Morgan fingerprint density at radius 2 is 1.41 bits per heavy atom. The predicted molar refractivity (Wildman–Crippen MR) is 97.6 cm³/mol. The second kappa shape index (κ2) is 10.5. The first-order valence-corrected chi connectivity index (χ1v) is 11.1. The van der Waals surface area contributed by atoms with Gasteiger partial charge in [-0.25, -0.2) is 0 Å². The van der Waals surface area contributed by atoms with Crippen molar-refractivity contribution in [2.75, 3.05) is 19.8 Å². The number of halogens is 1. The molecule has 2 atom stereocenters. The standard InChI is InChI=1S/C17H29BrO3Si/c1-5-17(18)16(15-12-10-9-11-13-15)14-22(19-6-2,20-7-3)21-8-4/h9-13,16-17H,5-8,14H2,1-4H3. The molecule has 1 aromatic rings. The van der Waals surface area contributed by atoms with Gasteiger partial charge in [-0.3, -0.25) is 0 Å². The molecule has 0 bridgehead atoms. The molecule has 3 nitrogen and oxygen atoms in total. The Morgan fingerprint density at radius 1 is 0.909 bits per heavy atom. The quantitative estimate of drug-likeness (QED) is 0.394. The third kappa shape index (κ3) is 5.78. The van der Waals surface area contributed by atoms with Gasteiger partial charge in [0.15, 0.2) is 0 Å². The van der Waals surface area contributed by atoms with Crippen molar-refractivity contribution in [3.05, 3.63) is 35.9 Å². The Morgan fingerprint density at radius 3 is 1.82 bits per heavy atom. The van der Waals surface area contributed by atoms with Crippen LogP contribution in [0.2, 0.25) is 6.04 Å². The summed E-state index contributed by atoms with van der Waals surface area (Å²) < 4.78 is 18.1. The van der Waals surface area contributed by atoms with Gasteiger partial charge in [-0.1, -0.05) is 53.2 Å². The van der Waals surface area contributed by atoms with Crippen LogP contribution in [-0.2, 0) is 13.3 Å². The highest BCUT2D eigenvalue weighted by atomic mass is 79.9. The Hall–Kier alpha value is -0.203. The second-order valence-electron chi connectivity index (χ2n) is 5.13. The van der Waals surface area contributed by atoms with E-state index < -0.39 is 8.80 Å². The number of rotatable bonds is 11. The Labute approximate surface area is 144 Å². The van der Waals surface area contributed by atoms with E-state index in [0.29, 0.717) is 30.6 Å². The fraction of sp³-hybridized carbons (Fsp3) is 0.647. The van der Waals surface area contributed by atoms with Gasteiger partial charge in [0.2, 0.25) is 0 Å². The predicted octanol–water partition coefficient (Wildman–Crippen LogP) is 4.99. The molecule has 0 aliphatic carbocycles. The van der Waals surface area contributed by atoms with E-state index in [-0.39, 0.29) is 0 Å². The van der Waals surface area contributed by atoms with Crippen LogP contribution in [0.5, 0.6) is 0 Å². The molecule has 126 valence electrons. The van der Waals surface area contributed by atoms with E-state index in [9.17, 15) is 0 Å². The van der Waals surface area contributed by atoms with Crippen LogP contribution in [0.25, 0.3) is 0 Å². The van der Waals surface area contributed by atoms with Gasteiger partial charge in [-0.05, 0) is 32.8 Å². The van der Waals surface area contributed by atoms with Crippen molar-refractivity contribution in [2.24, 2.45) is 0 Å². The summed E-state index contributed by atoms with van der Waals surface area (Å²) in [6, 6.07) is 11.4. The monoisotopic (exact) mass is 388 g/mol. The maximum absolute atomic E-state index is 6.03.